The first-order valence-corrected chi connectivity index (χ1v) is 12.1. The Balaban J connectivity index is 3.29. The standard InChI is InChI=1S/C24H47NO3/c1-3-5-7-9-10-11-12-13-14-16-21-25-23(26)19-18-20-24(27)28-22-17-15-8-6-4-2/h3-22H2,1-2H3,(H,25,26). The number of esters is 1. The van der Waals surface area contributed by atoms with E-state index in [2.05, 4.69) is 19.2 Å². The molecule has 0 bridgehead atoms. The minimum Gasteiger partial charge on any atom is -0.466 e. The lowest BCUT2D eigenvalue weighted by Gasteiger charge is -2.06. The molecule has 0 aromatic heterocycles. The summed E-state index contributed by atoms with van der Waals surface area (Å²) in [5, 5.41) is 2.96. The molecule has 0 aliphatic rings. The van der Waals surface area contributed by atoms with E-state index in [4.69, 9.17) is 4.74 Å². The van der Waals surface area contributed by atoms with Gasteiger partial charge in [-0.05, 0) is 19.3 Å². The second-order valence-corrected chi connectivity index (χ2v) is 8.02. The molecule has 0 aromatic carbocycles. The third-order valence-corrected chi connectivity index (χ3v) is 5.15. The molecule has 28 heavy (non-hydrogen) atoms. The van der Waals surface area contributed by atoms with E-state index in [1.165, 1.54) is 77.0 Å². The zero-order valence-electron chi connectivity index (χ0n) is 18.9. The van der Waals surface area contributed by atoms with Gasteiger partial charge < -0.3 is 10.1 Å². The van der Waals surface area contributed by atoms with E-state index in [9.17, 15) is 9.59 Å². The van der Waals surface area contributed by atoms with Crippen molar-refractivity contribution in [1.29, 1.82) is 0 Å². The van der Waals surface area contributed by atoms with E-state index in [0.717, 1.165) is 25.8 Å². The zero-order chi connectivity index (χ0) is 20.7. The van der Waals surface area contributed by atoms with Crippen molar-refractivity contribution >= 4 is 11.9 Å². The molecule has 0 fully saturated rings. The third-order valence-electron chi connectivity index (χ3n) is 5.15. The molecule has 4 heteroatoms. The van der Waals surface area contributed by atoms with E-state index in [-0.39, 0.29) is 11.9 Å². The summed E-state index contributed by atoms with van der Waals surface area (Å²) in [5.41, 5.74) is 0. The molecule has 166 valence electrons. The molecule has 0 rings (SSSR count). The van der Waals surface area contributed by atoms with Gasteiger partial charge in [0.25, 0.3) is 0 Å². The van der Waals surface area contributed by atoms with Gasteiger partial charge in [0.1, 0.15) is 0 Å². The van der Waals surface area contributed by atoms with Gasteiger partial charge in [0.2, 0.25) is 5.91 Å². The number of hydrogen-bond acceptors (Lipinski definition) is 3. The SMILES string of the molecule is CCCCCCCCCCCCNC(=O)CCCC(=O)OCCCCCCC. The molecule has 0 saturated carbocycles. The Morgan fingerprint density at radius 2 is 1.11 bits per heavy atom. The summed E-state index contributed by atoms with van der Waals surface area (Å²) >= 11 is 0. The topological polar surface area (TPSA) is 55.4 Å². The van der Waals surface area contributed by atoms with E-state index in [0.29, 0.717) is 25.9 Å². The normalized spacial score (nSPS) is 10.8. The van der Waals surface area contributed by atoms with Crippen LogP contribution in [-0.2, 0) is 14.3 Å². The summed E-state index contributed by atoms with van der Waals surface area (Å²) in [5.74, 6) is -0.110. The number of unbranched alkanes of at least 4 members (excludes halogenated alkanes) is 13. The maximum atomic E-state index is 11.8. The third kappa shape index (κ3) is 21.2. The van der Waals surface area contributed by atoms with Gasteiger partial charge in [-0.1, -0.05) is 97.3 Å². The molecule has 0 aromatic rings. The zero-order valence-corrected chi connectivity index (χ0v) is 18.9. The van der Waals surface area contributed by atoms with Crippen LogP contribution in [-0.4, -0.2) is 25.0 Å². The second-order valence-electron chi connectivity index (χ2n) is 8.02. The van der Waals surface area contributed by atoms with E-state index in [1.54, 1.807) is 0 Å². The summed E-state index contributed by atoms with van der Waals surface area (Å²) in [6.07, 6.45) is 20.1. The Morgan fingerprint density at radius 3 is 1.68 bits per heavy atom. The predicted molar refractivity (Wildman–Crippen MR) is 118 cm³/mol. The number of hydrogen-bond donors (Lipinski definition) is 1. The molecule has 0 spiro atoms. The summed E-state index contributed by atoms with van der Waals surface area (Å²) in [6.45, 7) is 5.72. The largest absolute Gasteiger partial charge is 0.466 e. The molecule has 0 saturated heterocycles. The quantitative estimate of drug-likeness (QED) is 0.173. The van der Waals surface area contributed by atoms with Crippen molar-refractivity contribution in [3.05, 3.63) is 0 Å². The average Bonchev–Trinajstić information content (AvgIpc) is 2.68. The highest BCUT2D eigenvalue weighted by Crippen LogP contribution is 2.10. The van der Waals surface area contributed by atoms with Crippen LogP contribution < -0.4 is 5.32 Å². The number of carbonyl (C=O) groups is 2. The molecule has 0 heterocycles. The van der Waals surface area contributed by atoms with E-state index < -0.39 is 0 Å². The van der Waals surface area contributed by atoms with E-state index >= 15 is 0 Å². The van der Waals surface area contributed by atoms with Crippen LogP contribution in [0.5, 0.6) is 0 Å². The summed E-state index contributed by atoms with van der Waals surface area (Å²) in [7, 11) is 0. The first-order valence-electron chi connectivity index (χ1n) is 12.1. The van der Waals surface area contributed by atoms with Gasteiger partial charge in [0, 0.05) is 19.4 Å². The summed E-state index contributed by atoms with van der Waals surface area (Å²) in [4.78, 5) is 23.4. The number of rotatable bonds is 21. The molecule has 0 aliphatic carbocycles. The number of ether oxygens (including phenoxy) is 1. The fourth-order valence-electron chi connectivity index (χ4n) is 3.29. The molecule has 0 unspecified atom stereocenters. The van der Waals surface area contributed by atoms with Crippen LogP contribution in [0, 0.1) is 0 Å². The lowest BCUT2D eigenvalue weighted by atomic mass is 10.1. The van der Waals surface area contributed by atoms with Gasteiger partial charge in [0.05, 0.1) is 6.61 Å². The molecule has 4 nitrogen and oxygen atoms in total. The Bertz CT molecular complexity index is 358. The first kappa shape index (κ1) is 26.9. The van der Waals surface area contributed by atoms with Crippen molar-refractivity contribution in [3.63, 3.8) is 0 Å². The van der Waals surface area contributed by atoms with E-state index in [1.807, 2.05) is 0 Å². The summed E-state index contributed by atoms with van der Waals surface area (Å²) < 4.78 is 5.21. The monoisotopic (exact) mass is 397 g/mol. The van der Waals surface area contributed by atoms with Crippen LogP contribution in [0.25, 0.3) is 0 Å². The molecule has 0 atom stereocenters. The fourth-order valence-corrected chi connectivity index (χ4v) is 3.29. The van der Waals surface area contributed by atoms with Gasteiger partial charge in [-0.15, -0.1) is 0 Å². The molecule has 1 N–H and O–H groups in total. The Kier molecular flexibility index (Phi) is 21.4. The smallest absolute Gasteiger partial charge is 0.305 e. The van der Waals surface area contributed by atoms with Crippen LogP contribution in [0.4, 0.5) is 0 Å². The van der Waals surface area contributed by atoms with Gasteiger partial charge in [0.15, 0.2) is 0 Å². The highest BCUT2D eigenvalue weighted by molar-refractivity contribution is 5.76. The highest BCUT2D eigenvalue weighted by Gasteiger charge is 2.06. The molecular weight excluding hydrogens is 350 g/mol. The predicted octanol–water partition coefficient (Wildman–Crippen LogP) is 6.71. The van der Waals surface area contributed by atoms with Crippen molar-refractivity contribution in [1.82, 2.24) is 5.32 Å². The molecule has 1 amide bonds. The van der Waals surface area contributed by atoms with Crippen LogP contribution in [0.15, 0.2) is 0 Å². The maximum Gasteiger partial charge on any atom is 0.305 e. The van der Waals surface area contributed by atoms with Gasteiger partial charge in [-0.3, -0.25) is 9.59 Å². The highest BCUT2D eigenvalue weighted by atomic mass is 16.5. The summed E-state index contributed by atoms with van der Waals surface area (Å²) in [6, 6.07) is 0. The first-order chi connectivity index (χ1) is 13.7. The minimum absolute atomic E-state index is 0.0586. The van der Waals surface area contributed by atoms with Gasteiger partial charge in [-0.2, -0.15) is 0 Å². The number of carbonyl (C=O) groups excluding carboxylic acids is 2. The maximum absolute atomic E-state index is 11.8. The minimum atomic E-state index is -0.169. The lowest BCUT2D eigenvalue weighted by Crippen LogP contribution is -2.24. The lowest BCUT2D eigenvalue weighted by molar-refractivity contribution is -0.143. The van der Waals surface area contributed by atoms with Crippen molar-refractivity contribution in [2.45, 2.75) is 129 Å². The van der Waals surface area contributed by atoms with Crippen LogP contribution >= 0.6 is 0 Å². The Hall–Kier alpha value is -1.06. The van der Waals surface area contributed by atoms with Crippen LogP contribution in [0.2, 0.25) is 0 Å². The number of nitrogens with one attached hydrogen (secondary N) is 1. The second kappa shape index (κ2) is 22.2. The average molecular weight is 398 g/mol. The van der Waals surface area contributed by atoms with Crippen molar-refractivity contribution in [2.24, 2.45) is 0 Å². The number of amides is 1. The fraction of sp³-hybridized carbons (Fsp3) is 0.917. The van der Waals surface area contributed by atoms with Crippen molar-refractivity contribution in [3.8, 4) is 0 Å². The van der Waals surface area contributed by atoms with Crippen molar-refractivity contribution in [2.75, 3.05) is 13.2 Å². The Morgan fingerprint density at radius 1 is 0.607 bits per heavy atom. The molecule has 0 radical (unpaired) electrons. The molecule has 0 aliphatic heterocycles. The van der Waals surface area contributed by atoms with Crippen LogP contribution in [0.1, 0.15) is 129 Å². The molecular formula is C24H47NO3. The van der Waals surface area contributed by atoms with Gasteiger partial charge in [-0.25, -0.2) is 0 Å². The van der Waals surface area contributed by atoms with Crippen molar-refractivity contribution < 1.29 is 14.3 Å². The Labute approximate surface area is 174 Å². The van der Waals surface area contributed by atoms with Crippen LogP contribution in [0.3, 0.4) is 0 Å². The van der Waals surface area contributed by atoms with Gasteiger partial charge >= 0.3 is 5.97 Å².